The first kappa shape index (κ1) is 10.5. The molecule has 1 aromatic rings. The molecule has 1 aromatic carbocycles. The van der Waals surface area contributed by atoms with Crippen LogP contribution in [-0.4, -0.2) is 17.7 Å². The normalized spacial score (nSPS) is 9.86. The molecule has 0 amide bonds. The summed E-state index contributed by atoms with van der Waals surface area (Å²) in [6.45, 7) is 2.19. The molecule has 76 valence electrons. The first-order valence-corrected chi connectivity index (χ1v) is 4.38. The van der Waals surface area contributed by atoms with Crippen LogP contribution < -0.4 is 5.73 Å². The lowest BCUT2D eigenvalue weighted by atomic mass is 10.1. The number of phenols is 1. The number of carbonyl (C=O) groups excluding carboxylic acids is 1. The Morgan fingerprint density at radius 3 is 2.86 bits per heavy atom. The summed E-state index contributed by atoms with van der Waals surface area (Å²) in [5, 5.41) is 9.61. The van der Waals surface area contributed by atoms with Crippen LogP contribution in [0.2, 0.25) is 0 Å². The summed E-state index contributed by atoms with van der Waals surface area (Å²) in [5.41, 5.74) is 6.08. The fraction of sp³-hybridized carbons (Fsp3) is 0.300. The number of para-hydroxylation sites is 1. The molecule has 0 saturated carbocycles. The summed E-state index contributed by atoms with van der Waals surface area (Å²) in [5.74, 6) is -0.617. The quantitative estimate of drug-likeness (QED) is 0.706. The van der Waals surface area contributed by atoms with E-state index in [9.17, 15) is 9.90 Å². The van der Waals surface area contributed by atoms with Crippen LogP contribution in [0.15, 0.2) is 18.2 Å². The van der Waals surface area contributed by atoms with Crippen molar-refractivity contribution in [2.75, 3.05) is 6.61 Å². The molecule has 0 radical (unpaired) electrons. The smallest absolute Gasteiger partial charge is 0.341 e. The van der Waals surface area contributed by atoms with Crippen molar-refractivity contribution in [1.82, 2.24) is 0 Å². The number of ether oxygens (including phenoxy) is 1. The zero-order chi connectivity index (χ0) is 10.6. The van der Waals surface area contributed by atoms with Gasteiger partial charge in [-0.1, -0.05) is 12.1 Å². The van der Waals surface area contributed by atoms with Gasteiger partial charge in [-0.2, -0.15) is 0 Å². The monoisotopic (exact) mass is 195 g/mol. The van der Waals surface area contributed by atoms with E-state index in [2.05, 4.69) is 0 Å². The first-order valence-electron chi connectivity index (χ1n) is 4.38. The summed E-state index contributed by atoms with van der Waals surface area (Å²) in [7, 11) is 0. The van der Waals surface area contributed by atoms with Gasteiger partial charge in [0.25, 0.3) is 0 Å². The fourth-order valence-electron chi connectivity index (χ4n) is 1.13. The van der Waals surface area contributed by atoms with Gasteiger partial charge in [0.05, 0.1) is 6.61 Å². The lowest BCUT2D eigenvalue weighted by Gasteiger charge is -2.07. The molecule has 3 N–H and O–H groups in total. The molecule has 1 rings (SSSR count). The average molecular weight is 195 g/mol. The van der Waals surface area contributed by atoms with Crippen molar-refractivity contribution in [2.45, 2.75) is 13.5 Å². The van der Waals surface area contributed by atoms with Gasteiger partial charge < -0.3 is 15.6 Å². The van der Waals surface area contributed by atoms with Crippen LogP contribution in [0.5, 0.6) is 5.75 Å². The number of nitrogens with two attached hydrogens (primary N) is 1. The number of rotatable bonds is 3. The molecule has 14 heavy (non-hydrogen) atoms. The molecule has 4 nitrogen and oxygen atoms in total. The topological polar surface area (TPSA) is 72.5 Å². The van der Waals surface area contributed by atoms with Crippen molar-refractivity contribution in [2.24, 2.45) is 5.73 Å². The van der Waals surface area contributed by atoms with E-state index in [4.69, 9.17) is 10.5 Å². The van der Waals surface area contributed by atoms with Gasteiger partial charge in [-0.05, 0) is 13.0 Å². The van der Waals surface area contributed by atoms with Crippen molar-refractivity contribution < 1.29 is 14.6 Å². The second-order valence-corrected chi connectivity index (χ2v) is 2.74. The first-order chi connectivity index (χ1) is 6.70. The van der Waals surface area contributed by atoms with Crippen LogP contribution >= 0.6 is 0 Å². The van der Waals surface area contributed by atoms with E-state index >= 15 is 0 Å². The molecule has 0 bridgehead atoms. The van der Waals surface area contributed by atoms with E-state index in [0.717, 1.165) is 0 Å². The molecule has 0 fully saturated rings. The molecule has 0 saturated heterocycles. The number of phenolic OH excluding ortho intramolecular Hbond substituents is 1. The second kappa shape index (κ2) is 4.62. The van der Waals surface area contributed by atoms with Crippen LogP contribution in [0.4, 0.5) is 0 Å². The maximum atomic E-state index is 11.3. The van der Waals surface area contributed by atoms with E-state index in [-0.39, 0.29) is 24.5 Å². The van der Waals surface area contributed by atoms with Gasteiger partial charge in [-0.15, -0.1) is 0 Å². The number of carbonyl (C=O) groups is 1. The number of esters is 1. The molecule has 0 aromatic heterocycles. The highest BCUT2D eigenvalue weighted by atomic mass is 16.5. The van der Waals surface area contributed by atoms with Gasteiger partial charge >= 0.3 is 5.97 Å². The third-order valence-corrected chi connectivity index (χ3v) is 1.83. The standard InChI is InChI=1S/C10H13NO3/c1-2-14-10(13)8-5-3-4-7(6-11)9(8)12/h3-5,12H,2,6,11H2,1H3. The minimum absolute atomic E-state index is 0.0894. The van der Waals surface area contributed by atoms with Gasteiger partial charge in [0.15, 0.2) is 0 Å². The van der Waals surface area contributed by atoms with Crippen molar-refractivity contribution in [3.63, 3.8) is 0 Å². The fourth-order valence-corrected chi connectivity index (χ4v) is 1.13. The van der Waals surface area contributed by atoms with Crippen LogP contribution in [0.25, 0.3) is 0 Å². The second-order valence-electron chi connectivity index (χ2n) is 2.74. The Balaban J connectivity index is 3.03. The number of benzene rings is 1. The Hall–Kier alpha value is -1.55. The molecule has 4 heteroatoms. The molecule has 0 aliphatic carbocycles. The highest BCUT2D eigenvalue weighted by Gasteiger charge is 2.13. The van der Waals surface area contributed by atoms with Gasteiger partial charge in [-0.25, -0.2) is 4.79 Å². The lowest BCUT2D eigenvalue weighted by Crippen LogP contribution is -2.07. The summed E-state index contributed by atoms with van der Waals surface area (Å²) >= 11 is 0. The van der Waals surface area contributed by atoms with Crippen LogP contribution in [0, 0.1) is 0 Å². The Morgan fingerprint density at radius 2 is 2.29 bits per heavy atom. The number of aromatic hydroxyl groups is 1. The Labute approximate surface area is 82.3 Å². The van der Waals surface area contributed by atoms with Gasteiger partial charge in [0.2, 0.25) is 0 Å². The van der Waals surface area contributed by atoms with E-state index in [1.807, 2.05) is 0 Å². The van der Waals surface area contributed by atoms with E-state index in [1.54, 1.807) is 19.1 Å². The maximum Gasteiger partial charge on any atom is 0.341 e. The largest absolute Gasteiger partial charge is 0.507 e. The van der Waals surface area contributed by atoms with E-state index < -0.39 is 5.97 Å². The minimum Gasteiger partial charge on any atom is -0.507 e. The molecule has 0 heterocycles. The highest BCUT2D eigenvalue weighted by molar-refractivity contribution is 5.92. The predicted molar refractivity (Wildman–Crippen MR) is 52.0 cm³/mol. The third-order valence-electron chi connectivity index (χ3n) is 1.83. The van der Waals surface area contributed by atoms with Crippen LogP contribution in [0.1, 0.15) is 22.8 Å². The molecule has 0 aliphatic heterocycles. The highest BCUT2D eigenvalue weighted by Crippen LogP contribution is 2.22. The summed E-state index contributed by atoms with van der Waals surface area (Å²) in [6, 6.07) is 4.83. The van der Waals surface area contributed by atoms with Gasteiger partial charge in [0.1, 0.15) is 11.3 Å². The van der Waals surface area contributed by atoms with Crippen molar-refractivity contribution in [3.05, 3.63) is 29.3 Å². The molecule has 0 spiro atoms. The molecule has 0 atom stereocenters. The molecular weight excluding hydrogens is 182 g/mol. The van der Waals surface area contributed by atoms with E-state index in [1.165, 1.54) is 6.07 Å². The average Bonchev–Trinajstić information content (AvgIpc) is 2.18. The summed E-state index contributed by atoms with van der Waals surface area (Å²) < 4.78 is 4.77. The number of hydrogen-bond acceptors (Lipinski definition) is 4. The molecule has 0 unspecified atom stereocenters. The van der Waals surface area contributed by atoms with E-state index in [0.29, 0.717) is 5.56 Å². The third kappa shape index (κ3) is 2.03. The lowest BCUT2D eigenvalue weighted by molar-refractivity contribution is 0.0523. The summed E-state index contributed by atoms with van der Waals surface area (Å²) in [6.07, 6.45) is 0. The number of hydrogen-bond donors (Lipinski definition) is 2. The SMILES string of the molecule is CCOC(=O)c1cccc(CN)c1O. The predicted octanol–water partition coefficient (Wildman–Crippen LogP) is 1.03. The van der Waals surface area contributed by atoms with Crippen molar-refractivity contribution in [3.8, 4) is 5.75 Å². The van der Waals surface area contributed by atoms with Crippen molar-refractivity contribution >= 4 is 5.97 Å². The Bertz CT molecular complexity index is 336. The van der Waals surface area contributed by atoms with Crippen LogP contribution in [0.3, 0.4) is 0 Å². The maximum absolute atomic E-state index is 11.3. The molecule has 0 aliphatic rings. The Kier molecular flexibility index (Phi) is 3.48. The molecular formula is C10H13NO3. The zero-order valence-electron chi connectivity index (χ0n) is 7.99. The van der Waals surface area contributed by atoms with Gasteiger partial charge in [0, 0.05) is 12.1 Å². The zero-order valence-corrected chi connectivity index (χ0v) is 7.99. The van der Waals surface area contributed by atoms with Crippen LogP contribution in [-0.2, 0) is 11.3 Å². The van der Waals surface area contributed by atoms with Gasteiger partial charge in [-0.3, -0.25) is 0 Å². The summed E-state index contributed by atoms with van der Waals surface area (Å²) in [4.78, 5) is 11.3. The van der Waals surface area contributed by atoms with Crippen molar-refractivity contribution in [1.29, 1.82) is 0 Å². The Morgan fingerprint density at radius 1 is 1.57 bits per heavy atom. The minimum atomic E-state index is -0.528.